The van der Waals surface area contributed by atoms with E-state index >= 15 is 0 Å². The standard InChI is InChI=1S/C24H32N4O3/c1-24(2,3)31-23(30)28-16-14-27(15-17-28)22(29)20-8-9-21(26-12-10-25-11-13-26)19-7-5-4-6-18(19)20/h4-9,25H,10-17H2,1-3H3. The summed E-state index contributed by atoms with van der Waals surface area (Å²) < 4.78 is 5.46. The van der Waals surface area contributed by atoms with Crippen molar-refractivity contribution in [2.45, 2.75) is 26.4 Å². The molecular formula is C24H32N4O3. The molecule has 2 saturated heterocycles. The van der Waals surface area contributed by atoms with Gasteiger partial charge in [0.25, 0.3) is 5.91 Å². The maximum absolute atomic E-state index is 13.4. The lowest BCUT2D eigenvalue weighted by molar-refractivity contribution is 0.0141. The average Bonchev–Trinajstić information content (AvgIpc) is 2.77. The number of hydrogen-bond donors (Lipinski definition) is 1. The Kier molecular flexibility index (Phi) is 6.05. The van der Waals surface area contributed by atoms with Crippen molar-refractivity contribution in [2.24, 2.45) is 0 Å². The van der Waals surface area contributed by atoms with Crippen LogP contribution in [0.1, 0.15) is 31.1 Å². The first-order valence-electron chi connectivity index (χ1n) is 11.1. The van der Waals surface area contributed by atoms with Gasteiger partial charge in [-0.2, -0.15) is 0 Å². The molecule has 0 spiro atoms. The van der Waals surface area contributed by atoms with Crippen molar-refractivity contribution in [3.05, 3.63) is 42.0 Å². The number of piperazine rings is 2. The van der Waals surface area contributed by atoms with Gasteiger partial charge in [0.2, 0.25) is 0 Å². The highest BCUT2D eigenvalue weighted by Gasteiger charge is 2.29. The highest BCUT2D eigenvalue weighted by Crippen LogP contribution is 2.30. The van der Waals surface area contributed by atoms with Gasteiger partial charge in [-0.1, -0.05) is 24.3 Å². The molecule has 166 valence electrons. The molecule has 31 heavy (non-hydrogen) atoms. The highest BCUT2D eigenvalue weighted by molar-refractivity contribution is 6.10. The number of carbonyl (C=O) groups is 2. The van der Waals surface area contributed by atoms with E-state index in [0.29, 0.717) is 26.2 Å². The van der Waals surface area contributed by atoms with E-state index in [1.807, 2.05) is 49.9 Å². The lowest BCUT2D eigenvalue weighted by Crippen LogP contribution is -2.51. The van der Waals surface area contributed by atoms with Crippen LogP contribution in [0.15, 0.2) is 36.4 Å². The molecular weight excluding hydrogens is 392 g/mol. The molecule has 1 N–H and O–H groups in total. The van der Waals surface area contributed by atoms with Crippen LogP contribution in [-0.4, -0.2) is 79.8 Å². The van der Waals surface area contributed by atoms with Gasteiger partial charge in [-0.15, -0.1) is 0 Å². The summed E-state index contributed by atoms with van der Waals surface area (Å²) in [5, 5.41) is 5.49. The molecule has 7 nitrogen and oxygen atoms in total. The molecule has 0 radical (unpaired) electrons. The van der Waals surface area contributed by atoms with E-state index < -0.39 is 5.60 Å². The van der Waals surface area contributed by atoms with Crippen molar-refractivity contribution in [3.8, 4) is 0 Å². The number of rotatable bonds is 2. The molecule has 4 rings (SSSR count). The smallest absolute Gasteiger partial charge is 0.410 e. The van der Waals surface area contributed by atoms with Gasteiger partial charge in [-0.3, -0.25) is 4.79 Å². The first-order valence-corrected chi connectivity index (χ1v) is 11.1. The van der Waals surface area contributed by atoms with Crippen molar-refractivity contribution in [1.29, 1.82) is 0 Å². The molecule has 2 heterocycles. The Morgan fingerprint density at radius 3 is 2.10 bits per heavy atom. The summed E-state index contributed by atoms with van der Waals surface area (Å²) in [7, 11) is 0. The zero-order valence-electron chi connectivity index (χ0n) is 18.7. The van der Waals surface area contributed by atoms with Crippen LogP contribution in [-0.2, 0) is 4.74 Å². The summed E-state index contributed by atoms with van der Waals surface area (Å²) in [5.41, 5.74) is 1.39. The lowest BCUT2D eigenvalue weighted by Gasteiger charge is -2.36. The Labute approximate surface area is 183 Å². The summed E-state index contributed by atoms with van der Waals surface area (Å²) >= 11 is 0. The third kappa shape index (κ3) is 4.77. The summed E-state index contributed by atoms with van der Waals surface area (Å²) in [4.78, 5) is 31.6. The molecule has 7 heteroatoms. The number of anilines is 1. The Morgan fingerprint density at radius 1 is 0.839 bits per heavy atom. The van der Waals surface area contributed by atoms with E-state index in [1.54, 1.807) is 4.90 Å². The Morgan fingerprint density at radius 2 is 1.45 bits per heavy atom. The van der Waals surface area contributed by atoms with Gasteiger partial charge in [0.05, 0.1) is 0 Å². The van der Waals surface area contributed by atoms with Crippen LogP contribution in [0, 0.1) is 0 Å². The van der Waals surface area contributed by atoms with E-state index in [2.05, 4.69) is 22.3 Å². The molecule has 2 amide bonds. The van der Waals surface area contributed by atoms with E-state index in [4.69, 9.17) is 4.74 Å². The number of carbonyl (C=O) groups excluding carboxylic acids is 2. The molecule has 0 bridgehead atoms. The summed E-state index contributed by atoms with van der Waals surface area (Å²) in [5.74, 6) is 0.0203. The van der Waals surface area contributed by atoms with Crippen LogP contribution in [0.4, 0.5) is 10.5 Å². The molecule has 2 aliphatic heterocycles. The maximum Gasteiger partial charge on any atom is 0.410 e. The molecule has 0 unspecified atom stereocenters. The average molecular weight is 425 g/mol. The van der Waals surface area contributed by atoms with Crippen molar-refractivity contribution in [1.82, 2.24) is 15.1 Å². The fourth-order valence-corrected chi connectivity index (χ4v) is 4.24. The number of amides is 2. The van der Waals surface area contributed by atoms with Crippen LogP contribution in [0.5, 0.6) is 0 Å². The zero-order chi connectivity index (χ0) is 22.0. The van der Waals surface area contributed by atoms with Gasteiger partial charge < -0.3 is 24.8 Å². The normalized spacial score (nSPS) is 17.7. The molecule has 2 aromatic rings. The fourth-order valence-electron chi connectivity index (χ4n) is 4.24. The quantitative estimate of drug-likeness (QED) is 0.803. The minimum absolute atomic E-state index is 0.0203. The largest absolute Gasteiger partial charge is 0.444 e. The zero-order valence-corrected chi connectivity index (χ0v) is 18.7. The first kappa shape index (κ1) is 21.4. The molecule has 0 saturated carbocycles. The molecule has 2 fully saturated rings. The summed E-state index contributed by atoms with van der Waals surface area (Å²) in [6.45, 7) is 11.4. The van der Waals surface area contributed by atoms with E-state index in [9.17, 15) is 9.59 Å². The number of ether oxygens (including phenoxy) is 1. The Bertz CT molecular complexity index is 955. The second-order valence-corrected chi connectivity index (χ2v) is 9.17. The second-order valence-electron chi connectivity index (χ2n) is 9.17. The van der Waals surface area contributed by atoms with Crippen molar-refractivity contribution < 1.29 is 14.3 Å². The van der Waals surface area contributed by atoms with Crippen LogP contribution in [0.3, 0.4) is 0 Å². The first-order chi connectivity index (χ1) is 14.8. The van der Waals surface area contributed by atoms with Gasteiger partial charge in [0.1, 0.15) is 5.60 Å². The number of nitrogens with one attached hydrogen (secondary N) is 1. The second kappa shape index (κ2) is 8.75. The SMILES string of the molecule is CC(C)(C)OC(=O)N1CCN(C(=O)c2ccc(N3CCNCC3)c3ccccc23)CC1. The molecule has 2 aromatic carbocycles. The molecule has 0 atom stereocenters. The van der Waals surface area contributed by atoms with Crippen molar-refractivity contribution in [3.63, 3.8) is 0 Å². The fraction of sp³-hybridized carbons (Fsp3) is 0.500. The summed E-state index contributed by atoms with van der Waals surface area (Å²) in [6, 6.07) is 12.2. The Balaban J connectivity index is 1.51. The van der Waals surface area contributed by atoms with Gasteiger partial charge in [-0.05, 0) is 38.3 Å². The predicted octanol–water partition coefficient (Wildman–Crippen LogP) is 2.94. The van der Waals surface area contributed by atoms with Crippen molar-refractivity contribution >= 4 is 28.5 Å². The Hall–Kier alpha value is -2.80. The van der Waals surface area contributed by atoms with E-state index in [0.717, 1.165) is 42.5 Å². The van der Waals surface area contributed by atoms with Crippen molar-refractivity contribution in [2.75, 3.05) is 57.3 Å². The predicted molar refractivity (Wildman–Crippen MR) is 123 cm³/mol. The van der Waals surface area contributed by atoms with Gasteiger partial charge in [0.15, 0.2) is 0 Å². The van der Waals surface area contributed by atoms with E-state index in [-0.39, 0.29) is 12.0 Å². The van der Waals surface area contributed by atoms with Gasteiger partial charge >= 0.3 is 6.09 Å². The lowest BCUT2D eigenvalue weighted by atomic mass is 10.0. The third-order valence-corrected chi connectivity index (χ3v) is 5.81. The minimum atomic E-state index is -0.519. The molecule has 2 aliphatic rings. The number of nitrogens with zero attached hydrogens (tertiary/aromatic N) is 3. The van der Waals surface area contributed by atoms with Gasteiger partial charge in [-0.25, -0.2) is 4.79 Å². The highest BCUT2D eigenvalue weighted by atomic mass is 16.6. The van der Waals surface area contributed by atoms with E-state index in [1.165, 1.54) is 5.69 Å². The third-order valence-electron chi connectivity index (χ3n) is 5.81. The topological polar surface area (TPSA) is 65.1 Å². The number of hydrogen-bond acceptors (Lipinski definition) is 5. The van der Waals surface area contributed by atoms with Crippen LogP contribution < -0.4 is 10.2 Å². The minimum Gasteiger partial charge on any atom is -0.444 e. The van der Waals surface area contributed by atoms with Crippen LogP contribution >= 0.6 is 0 Å². The number of benzene rings is 2. The number of fused-ring (bicyclic) bond motifs is 1. The monoisotopic (exact) mass is 424 g/mol. The van der Waals surface area contributed by atoms with Gasteiger partial charge in [0, 0.05) is 69.0 Å². The van der Waals surface area contributed by atoms with Crippen LogP contribution in [0.25, 0.3) is 10.8 Å². The molecule has 0 aliphatic carbocycles. The maximum atomic E-state index is 13.4. The van der Waals surface area contributed by atoms with Crippen LogP contribution in [0.2, 0.25) is 0 Å². The summed E-state index contributed by atoms with van der Waals surface area (Å²) in [6.07, 6.45) is -0.314. The molecule has 0 aromatic heterocycles.